The summed E-state index contributed by atoms with van der Waals surface area (Å²) in [6.07, 6.45) is -3.19. The molecule has 0 aromatic carbocycles. The smallest absolute Gasteiger partial charge is 0.324 e. The maximum Gasteiger partial charge on any atom is 0.324 e. The average Bonchev–Trinajstić information content (AvgIpc) is 2.25. The lowest BCUT2D eigenvalue weighted by Crippen LogP contribution is -2.35. The van der Waals surface area contributed by atoms with Crippen molar-refractivity contribution < 1.29 is 17.6 Å². The van der Waals surface area contributed by atoms with Crippen molar-refractivity contribution in [1.29, 1.82) is 0 Å². The molecule has 0 aliphatic carbocycles. The number of rotatable bonds is 5. The van der Waals surface area contributed by atoms with Gasteiger partial charge >= 0.3 is 12.3 Å². The van der Waals surface area contributed by atoms with Crippen LogP contribution in [-0.2, 0) is 6.42 Å². The second-order valence-corrected chi connectivity index (χ2v) is 4.07. The predicted molar refractivity (Wildman–Crippen MR) is 58.6 cm³/mol. The van der Waals surface area contributed by atoms with Crippen LogP contribution in [0.4, 0.5) is 23.4 Å². The maximum atomic E-state index is 12.6. The zero-order chi connectivity index (χ0) is 13.1. The highest BCUT2D eigenvalue weighted by Gasteiger charge is 2.40. The molecule has 96 valence electrons. The van der Waals surface area contributed by atoms with Gasteiger partial charge in [-0.1, -0.05) is 6.92 Å². The van der Waals surface area contributed by atoms with Crippen LogP contribution in [0.15, 0.2) is 10.7 Å². The fraction of sp³-hybridized carbons (Fsp3) is 0.556. The minimum Gasteiger partial charge on any atom is -0.364 e. The third kappa shape index (κ3) is 4.10. The van der Waals surface area contributed by atoms with E-state index in [1.165, 1.54) is 6.07 Å². The summed E-state index contributed by atoms with van der Waals surface area (Å²) < 4.78 is 49.5. The van der Waals surface area contributed by atoms with Crippen LogP contribution in [0.25, 0.3) is 0 Å². The van der Waals surface area contributed by atoms with Crippen LogP contribution in [0.3, 0.4) is 0 Å². The van der Waals surface area contributed by atoms with E-state index in [4.69, 9.17) is 0 Å². The van der Waals surface area contributed by atoms with Gasteiger partial charge in [-0.05, 0) is 15.9 Å². The second-order valence-electron chi connectivity index (χ2n) is 3.26. The Bertz CT molecular complexity index is 387. The average molecular weight is 316 g/mol. The molecule has 8 heteroatoms. The topological polar surface area (TPSA) is 37.8 Å². The number of alkyl halides is 4. The molecule has 1 N–H and O–H groups in total. The Labute approximate surface area is 104 Å². The quantitative estimate of drug-likeness (QED) is 0.670. The van der Waals surface area contributed by atoms with Crippen molar-refractivity contribution in [2.45, 2.75) is 25.7 Å². The highest BCUT2D eigenvalue weighted by molar-refractivity contribution is 9.10. The first-order chi connectivity index (χ1) is 7.85. The number of nitrogens with one attached hydrogen (secondary N) is 1. The Morgan fingerprint density at radius 3 is 2.59 bits per heavy atom. The molecule has 0 atom stereocenters. The predicted octanol–water partition coefficient (Wildman–Crippen LogP) is 3.11. The first-order valence-electron chi connectivity index (χ1n) is 4.78. The highest BCUT2D eigenvalue weighted by Crippen LogP contribution is 2.23. The summed E-state index contributed by atoms with van der Waals surface area (Å²) in [6, 6.07) is 1.35. The summed E-state index contributed by atoms with van der Waals surface area (Å²) in [5.74, 6) is -3.56. The monoisotopic (exact) mass is 315 g/mol. The van der Waals surface area contributed by atoms with E-state index < -0.39 is 18.9 Å². The minimum absolute atomic E-state index is 0.0871. The molecule has 1 rings (SSSR count). The van der Waals surface area contributed by atoms with E-state index in [0.717, 1.165) is 0 Å². The largest absolute Gasteiger partial charge is 0.364 e. The summed E-state index contributed by atoms with van der Waals surface area (Å²) in [7, 11) is 0. The molecule has 0 unspecified atom stereocenters. The van der Waals surface area contributed by atoms with Crippen LogP contribution >= 0.6 is 15.9 Å². The summed E-state index contributed by atoms with van der Waals surface area (Å²) in [6.45, 7) is 0.622. The fourth-order valence-corrected chi connectivity index (χ4v) is 1.42. The van der Waals surface area contributed by atoms with E-state index in [2.05, 4.69) is 31.2 Å². The highest BCUT2D eigenvalue weighted by atomic mass is 79.9. The van der Waals surface area contributed by atoms with E-state index >= 15 is 0 Å². The van der Waals surface area contributed by atoms with Crippen LogP contribution in [0.2, 0.25) is 0 Å². The third-order valence-corrected chi connectivity index (χ3v) is 2.29. The van der Waals surface area contributed by atoms with Gasteiger partial charge in [0.25, 0.3) is 0 Å². The molecule has 0 aliphatic rings. The number of anilines is 1. The number of aryl methyl sites for hydroxylation is 1. The van der Waals surface area contributed by atoms with Crippen molar-refractivity contribution in [3.05, 3.63) is 16.5 Å². The standard InChI is InChI=1S/C9H10BrF4N3/c1-2-6-16-5(10)3-7(17-6)15-4-9(13,14)8(11)12/h3,8H,2,4H2,1H3,(H,15,16,17). The Morgan fingerprint density at radius 1 is 1.41 bits per heavy atom. The molecule has 1 aromatic heterocycles. The van der Waals surface area contributed by atoms with E-state index in [1.54, 1.807) is 6.92 Å². The molecule has 3 nitrogen and oxygen atoms in total. The fourth-order valence-electron chi connectivity index (χ4n) is 0.999. The van der Waals surface area contributed by atoms with E-state index in [-0.39, 0.29) is 5.82 Å². The molecular formula is C9H10BrF4N3. The van der Waals surface area contributed by atoms with Crippen molar-refractivity contribution in [3.8, 4) is 0 Å². The van der Waals surface area contributed by atoms with E-state index in [0.29, 0.717) is 16.8 Å². The van der Waals surface area contributed by atoms with Crippen LogP contribution in [0.1, 0.15) is 12.7 Å². The normalized spacial score (nSPS) is 11.9. The number of hydrogen-bond acceptors (Lipinski definition) is 3. The van der Waals surface area contributed by atoms with Crippen molar-refractivity contribution in [2.75, 3.05) is 11.9 Å². The van der Waals surface area contributed by atoms with Gasteiger partial charge in [0.15, 0.2) is 0 Å². The van der Waals surface area contributed by atoms with Gasteiger partial charge in [0, 0.05) is 12.5 Å². The van der Waals surface area contributed by atoms with Crippen LogP contribution in [0.5, 0.6) is 0 Å². The SMILES string of the molecule is CCc1nc(Br)cc(NCC(F)(F)C(F)F)n1. The summed E-state index contributed by atoms with van der Waals surface area (Å²) in [5.41, 5.74) is 0. The molecule has 0 amide bonds. The molecule has 0 spiro atoms. The molecule has 17 heavy (non-hydrogen) atoms. The number of nitrogens with zero attached hydrogens (tertiary/aromatic N) is 2. The first kappa shape index (κ1) is 14.1. The molecule has 0 saturated heterocycles. The zero-order valence-electron chi connectivity index (χ0n) is 8.85. The number of hydrogen-bond donors (Lipinski definition) is 1. The molecule has 0 bridgehead atoms. The molecule has 1 aromatic rings. The Hall–Kier alpha value is -0.920. The molecule has 0 saturated carbocycles. The number of aromatic nitrogens is 2. The molecule has 0 aliphatic heterocycles. The lowest BCUT2D eigenvalue weighted by Gasteiger charge is -2.16. The Morgan fingerprint density at radius 2 is 2.06 bits per heavy atom. The number of halogens is 5. The molecule has 1 heterocycles. The van der Waals surface area contributed by atoms with Gasteiger partial charge in [-0.15, -0.1) is 0 Å². The van der Waals surface area contributed by atoms with Crippen molar-refractivity contribution >= 4 is 21.7 Å². The van der Waals surface area contributed by atoms with Crippen molar-refractivity contribution in [3.63, 3.8) is 0 Å². The molecule has 0 fully saturated rings. The first-order valence-corrected chi connectivity index (χ1v) is 5.57. The van der Waals surface area contributed by atoms with E-state index in [9.17, 15) is 17.6 Å². The van der Waals surface area contributed by atoms with E-state index in [1.807, 2.05) is 0 Å². The van der Waals surface area contributed by atoms with Gasteiger partial charge < -0.3 is 5.32 Å². The third-order valence-electron chi connectivity index (χ3n) is 1.88. The zero-order valence-corrected chi connectivity index (χ0v) is 10.4. The second kappa shape index (κ2) is 5.61. The minimum atomic E-state index is -4.08. The van der Waals surface area contributed by atoms with Gasteiger partial charge in [0.05, 0.1) is 6.54 Å². The summed E-state index contributed by atoms with van der Waals surface area (Å²) in [4.78, 5) is 7.85. The lowest BCUT2D eigenvalue weighted by atomic mass is 10.3. The van der Waals surface area contributed by atoms with Crippen LogP contribution < -0.4 is 5.32 Å². The Balaban J connectivity index is 2.72. The summed E-state index contributed by atoms with van der Waals surface area (Å²) >= 11 is 3.08. The molecule has 0 radical (unpaired) electrons. The van der Waals surface area contributed by atoms with Crippen molar-refractivity contribution in [2.24, 2.45) is 0 Å². The van der Waals surface area contributed by atoms with Crippen molar-refractivity contribution in [1.82, 2.24) is 9.97 Å². The summed E-state index contributed by atoms with van der Waals surface area (Å²) in [5, 5.41) is 2.17. The maximum absolute atomic E-state index is 12.6. The molecular weight excluding hydrogens is 306 g/mol. The van der Waals surface area contributed by atoms with Crippen LogP contribution in [0, 0.1) is 0 Å². The van der Waals surface area contributed by atoms with Gasteiger partial charge in [-0.2, -0.15) is 8.78 Å². The lowest BCUT2D eigenvalue weighted by molar-refractivity contribution is -0.117. The van der Waals surface area contributed by atoms with Crippen LogP contribution in [-0.4, -0.2) is 28.9 Å². The van der Waals surface area contributed by atoms with Gasteiger partial charge in [-0.25, -0.2) is 18.7 Å². The van der Waals surface area contributed by atoms with Gasteiger partial charge in [0.2, 0.25) is 0 Å². The van der Waals surface area contributed by atoms with Gasteiger partial charge in [-0.3, -0.25) is 0 Å². The van der Waals surface area contributed by atoms with Gasteiger partial charge in [0.1, 0.15) is 16.2 Å². The Kier molecular flexibility index (Phi) is 4.67.